The summed E-state index contributed by atoms with van der Waals surface area (Å²) in [6.07, 6.45) is 0. The van der Waals surface area contributed by atoms with Crippen molar-refractivity contribution in [3.8, 4) is 0 Å². The Balaban J connectivity index is 3.18. The van der Waals surface area contributed by atoms with Gasteiger partial charge < -0.3 is 17.2 Å². The lowest BCUT2D eigenvalue weighted by atomic mass is 10.3. The summed E-state index contributed by atoms with van der Waals surface area (Å²) in [7, 11) is 0. The highest BCUT2D eigenvalue weighted by atomic mass is 19.1. The van der Waals surface area contributed by atoms with Crippen LogP contribution >= 0.6 is 0 Å². The van der Waals surface area contributed by atoms with Gasteiger partial charge in [-0.15, -0.1) is 0 Å². The Morgan fingerprint density at radius 1 is 1.35 bits per heavy atom. The van der Waals surface area contributed by atoms with Gasteiger partial charge in [-0.1, -0.05) is 0 Å². The molecule has 1 aromatic rings. The van der Waals surface area contributed by atoms with E-state index in [2.05, 4.69) is 9.98 Å². The van der Waals surface area contributed by atoms with Crippen molar-refractivity contribution in [2.45, 2.75) is 0 Å². The first kappa shape index (κ1) is 12.4. The molecule has 0 bridgehead atoms. The highest BCUT2D eigenvalue weighted by molar-refractivity contribution is 5.93. The van der Waals surface area contributed by atoms with Crippen molar-refractivity contribution in [1.82, 2.24) is 0 Å². The van der Waals surface area contributed by atoms with Gasteiger partial charge in [0.1, 0.15) is 11.5 Å². The van der Waals surface area contributed by atoms with Gasteiger partial charge in [-0.05, 0) is 6.07 Å². The highest BCUT2D eigenvalue weighted by Crippen LogP contribution is 2.23. The lowest BCUT2D eigenvalue weighted by Gasteiger charge is -1.98. The van der Waals surface area contributed by atoms with Crippen LogP contribution in [0.2, 0.25) is 0 Å². The number of guanidine groups is 2. The SMILES string of the molecule is NC(N)=NC(N)=Nc1cc([N+](=O)[O-])ccc1F. The van der Waals surface area contributed by atoms with Gasteiger partial charge in [-0.25, -0.2) is 9.38 Å². The summed E-state index contributed by atoms with van der Waals surface area (Å²) >= 11 is 0. The molecule has 0 amide bonds. The Morgan fingerprint density at radius 3 is 2.53 bits per heavy atom. The maximum atomic E-state index is 13.2. The van der Waals surface area contributed by atoms with Crippen molar-refractivity contribution >= 4 is 23.3 Å². The van der Waals surface area contributed by atoms with Gasteiger partial charge in [-0.3, -0.25) is 10.1 Å². The van der Waals surface area contributed by atoms with Crippen LogP contribution in [-0.2, 0) is 0 Å². The number of benzene rings is 1. The number of nitro groups is 1. The lowest BCUT2D eigenvalue weighted by Crippen LogP contribution is -2.26. The summed E-state index contributed by atoms with van der Waals surface area (Å²) in [4.78, 5) is 16.6. The summed E-state index contributed by atoms with van der Waals surface area (Å²) in [5, 5.41) is 10.5. The maximum absolute atomic E-state index is 13.2. The quantitative estimate of drug-likeness (QED) is 0.287. The van der Waals surface area contributed by atoms with Gasteiger partial charge in [0.15, 0.2) is 5.96 Å². The summed E-state index contributed by atoms with van der Waals surface area (Å²) in [5.74, 6) is -1.52. The minimum atomic E-state index is -0.774. The number of rotatable bonds is 2. The second kappa shape index (κ2) is 4.88. The Morgan fingerprint density at radius 2 is 2.00 bits per heavy atom. The highest BCUT2D eigenvalue weighted by Gasteiger charge is 2.10. The number of hydrogen-bond donors (Lipinski definition) is 3. The lowest BCUT2D eigenvalue weighted by molar-refractivity contribution is -0.384. The van der Waals surface area contributed by atoms with E-state index in [0.29, 0.717) is 0 Å². The van der Waals surface area contributed by atoms with Gasteiger partial charge in [-0.2, -0.15) is 4.99 Å². The van der Waals surface area contributed by atoms with E-state index in [0.717, 1.165) is 18.2 Å². The Kier molecular flexibility index (Phi) is 3.55. The summed E-state index contributed by atoms with van der Waals surface area (Å²) in [6.45, 7) is 0. The van der Waals surface area contributed by atoms with Crippen LogP contribution in [0.1, 0.15) is 0 Å². The molecule has 0 unspecified atom stereocenters. The van der Waals surface area contributed by atoms with Gasteiger partial charge in [0.2, 0.25) is 5.96 Å². The van der Waals surface area contributed by atoms with E-state index < -0.39 is 16.7 Å². The molecule has 6 N–H and O–H groups in total. The smallest absolute Gasteiger partial charge is 0.271 e. The minimum Gasteiger partial charge on any atom is -0.370 e. The Labute approximate surface area is 94.8 Å². The molecule has 90 valence electrons. The number of aliphatic imine (C=N–C) groups is 2. The van der Waals surface area contributed by atoms with Gasteiger partial charge in [0.25, 0.3) is 5.69 Å². The first-order valence-electron chi connectivity index (χ1n) is 4.28. The van der Waals surface area contributed by atoms with E-state index >= 15 is 0 Å². The zero-order valence-corrected chi connectivity index (χ0v) is 8.50. The van der Waals surface area contributed by atoms with E-state index in [-0.39, 0.29) is 17.3 Å². The normalized spacial score (nSPS) is 11.0. The molecule has 17 heavy (non-hydrogen) atoms. The number of nitro benzene ring substituents is 1. The second-order valence-electron chi connectivity index (χ2n) is 2.90. The van der Waals surface area contributed by atoms with Crippen LogP contribution in [0.15, 0.2) is 28.2 Å². The first-order valence-corrected chi connectivity index (χ1v) is 4.28. The number of hydrogen-bond acceptors (Lipinski definition) is 3. The zero-order chi connectivity index (χ0) is 13.0. The molecule has 0 radical (unpaired) electrons. The molecule has 0 spiro atoms. The van der Waals surface area contributed by atoms with Crippen LogP contribution < -0.4 is 17.2 Å². The third-order valence-electron chi connectivity index (χ3n) is 1.62. The first-order chi connectivity index (χ1) is 7.90. The number of halogens is 1. The minimum absolute atomic E-state index is 0.317. The molecule has 9 heteroatoms. The molecule has 0 aliphatic carbocycles. The van der Waals surface area contributed by atoms with Crippen molar-refractivity contribution in [3.63, 3.8) is 0 Å². The molecule has 0 aliphatic rings. The van der Waals surface area contributed by atoms with E-state index in [9.17, 15) is 14.5 Å². The Hall–Kier alpha value is -2.71. The molecule has 1 rings (SSSR count). The fourth-order valence-electron chi connectivity index (χ4n) is 0.981. The Bertz CT molecular complexity index is 509. The van der Waals surface area contributed by atoms with E-state index in [1.807, 2.05) is 0 Å². The predicted molar refractivity (Wildman–Crippen MR) is 60.1 cm³/mol. The van der Waals surface area contributed by atoms with Gasteiger partial charge >= 0.3 is 0 Å². The van der Waals surface area contributed by atoms with Crippen LogP contribution in [0.25, 0.3) is 0 Å². The largest absolute Gasteiger partial charge is 0.370 e. The molecule has 0 heterocycles. The van der Waals surface area contributed by atoms with E-state index in [4.69, 9.17) is 17.2 Å². The van der Waals surface area contributed by atoms with Crippen LogP contribution in [0.4, 0.5) is 15.8 Å². The van der Waals surface area contributed by atoms with Crippen LogP contribution in [0.5, 0.6) is 0 Å². The molecule has 0 fully saturated rings. The molecule has 0 saturated carbocycles. The van der Waals surface area contributed by atoms with Crippen molar-refractivity contribution < 1.29 is 9.31 Å². The third-order valence-corrected chi connectivity index (χ3v) is 1.62. The number of non-ortho nitro benzene ring substituents is 1. The number of nitrogens with zero attached hydrogens (tertiary/aromatic N) is 3. The monoisotopic (exact) mass is 240 g/mol. The van der Waals surface area contributed by atoms with Crippen molar-refractivity contribution in [1.29, 1.82) is 0 Å². The van der Waals surface area contributed by atoms with Crippen molar-refractivity contribution in [2.24, 2.45) is 27.2 Å². The van der Waals surface area contributed by atoms with E-state index in [1.54, 1.807) is 0 Å². The van der Waals surface area contributed by atoms with Crippen molar-refractivity contribution in [2.75, 3.05) is 0 Å². The summed E-state index contributed by atoms with van der Waals surface area (Å²) in [6, 6.07) is 2.83. The van der Waals surface area contributed by atoms with Gasteiger partial charge in [0.05, 0.1) is 4.92 Å². The standard InChI is InChI=1S/C8H9FN6O2/c9-5-2-1-4(15(16)17)3-6(5)13-8(12)14-7(10)11/h1-3H,(H6,10,11,12,13,14). The average molecular weight is 240 g/mol. The third kappa shape index (κ3) is 3.41. The fourth-order valence-corrected chi connectivity index (χ4v) is 0.981. The molecule has 1 aromatic carbocycles. The molecule has 0 aliphatic heterocycles. The summed E-state index contributed by atoms with van der Waals surface area (Å²) < 4.78 is 13.2. The topological polar surface area (TPSA) is 146 Å². The zero-order valence-electron chi connectivity index (χ0n) is 8.50. The van der Waals surface area contributed by atoms with Gasteiger partial charge in [0, 0.05) is 12.1 Å². The van der Waals surface area contributed by atoms with Crippen LogP contribution in [0.3, 0.4) is 0 Å². The molecular formula is C8H9FN6O2. The maximum Gasteiger partial charge on any atom is 0.271 e. The molecule has 0 saturated heterocycles. The van der Waals surface area contributed by atoms with Crippen molar-refractivity contribution in [3.05, 3.63) is 34.1 Å². The number of nitrogens with two attached hydrogens (primary N) is 3. The van der Waals surface area contributed by atoms with Crippen LogP contribution in [-0.4, -0.2) is 16.8 Å². The predicted octanol–water partition coefficient (Wildman–Crippen LogP) is -0.0465. The molecule has 0 aromatic heterocycles. The van der Waals surface area contributed by atoms with Crippen LogP contribution in [0, 0.1) is 15.9 Å². The average Bonchev–Trinajstić information content (AvgIpc) is 2.19. The molecular weight excluding hydrogens is 231 g/mol. The summed E-state index contributed by atoms with van der Waals surface area (Å²) in [5.41, 5.74) is 14.7. The fraction of sp³-hybridized carbons (Fsp3) is 0. The van der Waals surface area contributed by atoms with E-state index in [1.165, 1.54) is 0 Å². The molecule has 8 nitrogen and oxygen atoms in total. The molecule has 0 atom stereocenters. The second-order valence-corrected chi connectivity index (χ2v) is 2.90.